The Kier molecular flexibility index (Phi) is 5.40. The number of thioether (sulfide) groups is 1. The summed E-state index contributed by atoms with van der Waals surface area (Å²) in [5.74, 6) is 2.32. The summed E-state index contributed by atoms with van der Waals surface area (Å²) in [5, 5.41) is 3.69. The third kappa shape index (κ3) is 4.36. The molecule has 0 atom stereocenters. The molecule has 0 radical (unpaired) electrons. The van der Waals surface area contributed by atoms with E-state index in [-0.39, 0.29) is 0 Å². The van der Waals surface area contributed by atoms with E-state index in [1.807, 2.05) is 11.8 Å². The van der Waals surface area contributed by atoms with Crippen molar-refractivity contribution >= 4 is 11.8 Å². The Labute approximate surface area is 109 Å². The Morgan fingerprint density at radius 2 is 1.82 bits per heavy atom. The van der Waals surface area contributed by atoms with Crippen LogP contribution in [0, 0.1) is 5.92 Å². The van der Waals surface area contributed by atoms with Gasteiger partial charge in [0.25, 0.3) is 0 Å². The number of benzene rings is 1. The maximum Gasteiger partial charge on any atom is 0.0208 e. The Morgan fingerprint density at radius 1 is 1.12 bits per heavy atom. The van der Waals surface area contributed by atoms with Crippen molar-refractivity contribution in [1.82, 2.24) is 5.32 Å². The summed E-state index contributed by atoms with van der Waals surface area (Å²) in [7, 11) is 0. The fourth-order valence-electron chi connectivity index (χ4n) is 2.63. The molecule has 1 nitrogen and oxygen atoms in total. The first kappa shape index (κ1) is 13.0. The fraction of sp³-hybridized carbons (Fsp3) is 0.600. The predicted molar refractivity (Wildman–Crippen MR) is 77.4 cm³/mol. The number of nitrogens with one attached hydrogen (secondary N) is 1. The molecule has 2 heteroatoms. The van der Waals surface area contributed by atoms with Crippen molar-refractivity contribution in [2.75, 3.05) is 12.0 Å². The molecule has 0 unspecified atom stereocenters. The summed E-state index contributed by atoms with van der Waals surface area (Å²) in [6.45, 7) is 1.03. The first-order valence-corrected chi connectivity index (χ1v) is 8.04. The number of hydrogen-bond donors (Lipinski definition) is 1. The first-order valence-electron chi connectivity index (χ1n) is 6.64. The van der Waals surface area contributed by atoms with Gasteiger partial charge in [0.05, 0.1) is 0 Å². The second-order valence-electron chi connectivity index (χ2n) is 5.04. The molecule has 94 valence electrons. The Balaban J connectivity index is 1.68. The van der Waals surface area contributed by atoms with Crippen molar-refractivity contribution in [3.8, 4) is 0 Å². The third-order valence-electron chi connectivity index (χ3n) is 3.69. The first-order chi connectivity index (χ1) is 8.38. The maximum absolute atomic E-state index is 3.69. The van der Waals surface area contributed by atoms with Crippen LogP contribution in [0.4, 0.5) is 0 Å². The average Bonchev–Trinajstić information content (AvgIpc) is 2.40. The highest BCUT2D eigenvalue weighted by molar-refractivity contribution is 7.98. The van der Waals surface area contributed by atoms with Gasteiger partial charge >= 0.3 is 0 Å². The molecule has 1 N–H and O–H groups in total. The Hall–Kier alpha value is -0.470. The second kappa shape index (κ2) is 7.07. The van der Waals surface area contributed by atoms with Gasteiger partial charge in [-0.15, -0.1) is 0 Å². The van der Waals surface area contributed by atoms with Gasteiger partial charge in [-0.1, -0.05) is 30.3 Å². The molecule has 0 aromatic heterocycles. The lowest BCUT2D eigenvalue weighted by Gasteiger charge is -2.28. The van der Waals surface area contributed by atoms with E-state index in [0.717, 1.165) is 18.5 Å². The topological polar surface area (TPSA) is 12.0 Å². The van der Waals surface area contributed by atoms with Crippen LogP contribution in [0.1, 0.15) is 31.2 Å². The minimum Gasteiger partial charge on any atom is -0.310 e. The zero-order valence-electron chi connectivity index (χ0n) is 10.7. The normalized spacial score (nSPS) is 24.8. The molecule has 2 rings (SSSR count). The number of rotatable bonds is 5. The van der Waals surface area contributed by atoms with E-state index in [1.54, 1.807) is 0 Å². The van der Waals surface area contributed by atoms with Crippen molar-refractivity contribution in [1.29, 1.82) is 0 Å². The van der Waals surface area contributed by atoms with Crippen LogP contribution in [0.25, 0.3) is 0 Å². The molecule has 1 aliphatic rings. The number of hydrogen-bond acceptors (Lipinski definition) is 2. The molecule has 0 heterocycles. The van der Waals surface area contributed by atoms with E-state index in [4.69, 9.17) is 0 Å². The van der Waals surface area contributed by atoms with E-state index in [9.17, 15) is 0 Å². The Morgan fingerprint density at radius 3 is 2.47 bits per heavy atom. The molecule has 1 aromatic rings. The van der Waals surface area contributed by atoms with E-state index in [1.165, 1.54) is 37.0 Å². The SMILES string of the molecule is CSCC1CCC(NCc2ccccc2)CC1. The minimum atomic E-state index is 0.744. The van der Waals surface area contributed by atoms with Gasteiger partial charge in [0, 0.05) is 12.6 Å². The molecule has 0 saturated heterocycles. The third-order valence-corrected chi connectivity index (χ3v) is 4.49. The maximum atomic E-state index is 3.69. The van der Waals surface area contributed by atoms with Crippen LogP contribution in [0.3, 0.4) is 0 Å². The van der Waals surface area contributed by atoms with Gasteiger partial charge in [0.15, 0.2) is 0 Å². The van der Waals surface area contributed by atoms with Crippen molar-refractivity contribution in [3.05, 3.63) is 35.9 Å². The molecule has 0 spiro atoms. The highest BCUT2D eigenvalue weighted by Crippen LogP contribution is 2.26. The molecule has 0 bridgehead atoms. The van der Waals surface area contributed by atoms with Crippen LogP contribution < -0.4 is 5.32 Å². The summed E-state index contributed by atoms with van der Waals surface area (Å²) in [6, 6.07) is 11.5. The molecule has 1 fully saturated rings. The quantitative estimate of drug-likeness (QED) is 0.854. The van der Waals surface area contributed by atoms with Gasteiger partial charge in [-0.25, -0.2) is 0 Å². The van der Waals surface area contributed by atoms with Crippen LogP contribution in [-0.2, 0) is 6.54 Å². The van der Waals surface area contributed by atoms with Crippen LogP contribution >= 0.6 is 11.8 Å². The largest absolute Gasteiger partial charge is 0.310 e. The van der Waals surface area contributed by atoms with Crippen molar-refractivity contribution < 1.29 is 0 Å². The van der Waals surface area contributed by atoms with Gasteiger partial charge in [0.1, 0.15) is 0 Å². The summed E-state index contributed by atoms with van der Waals surface area (Å²) in [4.78, 5) is 0. The summed E-state index contributed by atoms with van der Waals surface area (Å²) < 4.78 is 0. The van der Waals surface area contributed by atoms with Crippen molar-refractivity contribution in [2.45, 2.75) is 38.3 Å². The molecule has 1 saturated carbocycles. The summed E-state index contributed by atoms with van der Waals surface area (Å²) >= 11 is 2.00. The van der Waals surface area contributed by atoms with Crippen molar-refractivity contribution in [2.24, 2.45) is 5.92 Å². The van der Waals surface area contributed by atoms with Crippen LogP contribution in [-0.4, -0.2) is 18.1 Å². The van der Waals surface area contributed by atoms with E-state index in [2.05, 4.69) is 41.9 Å². The fourth-order valence-corrected chi connectivity index (χ4v) is 3.43. The van der Waals surface area contributed by atoms with Gasteiger partial charge < -0.3 is 5.32 Å². The molecule has 0 amide bonds. The molecule has 1 aliphatic carbocycles. The zero-order chi connectivity index (χ0) is 11.9. The summed E-state index contributed by atoms with van der Waals surface area (Å²) in [6.07, 6.45) is 7.76. The van der Waals surface area contributed by atoms with E-state index in [0.29, 0.717) is 0 Å². The molecule has 1 aromatic carbocycles. The highest BCUT2D eigenvalue weighted by Gasteiger charge is 2.19. The van der Waals surface area contributed by atoms with Crippen LogP contribution in [0.15, 0.2) is 30.3 Å². The minimum absolute atomic E-state index is 0.744. The Bertz CT molecular complexity index is 304. The molecular formula is C15H23NS. The molecular weight excluding hydrogens is 226 g/mol. The molecule has 0 aliphatic heterocycles. The lowest BCUT2D eigenvalue weighted by molar-refractivity contribution is 0.310. The second-order valence-corrected chi connectivity index (χ2v) is 5.95. The van der Waals surface area contributed by atoms with Crippen LogP contribution in [0.2, 0.25) is 0 Å². The monoisotopic (exact) mass is 249 g/mol. The summed E-state index contributed by atoms with van der Waals surface area (Å²) in [5.41, 5.74) is 1.40. The average molecular weight is 249 g/mol. The van der Waals surface area contributed by atoms with Gasteiger partial charge in [-0.05, 0) is 49.2 Å². The molecule has 17 heavy (non-hydrogen) atoms. The van der Waals surface area contributed by atoms with E-state index < -0.39 is 0 Å². The lowest BCUT2D eigenvalue weighted by Crippen LogP contribution is -2.33. The van der Waals surface area contributed by atoms with Crippen molar-refractivity contribution in [3.63, 3.8) is 0 Å². The van der Waals surface area contributed by atoms with Gasteiger partial charge in [0.2, 0.25) is 0 Å². The smallest absolute Gasteiger partial charge is 0.0208 e. The highest BCUT2D eigenvalue weighted by atomic mass is 32.2. The lowest BCUT2D eigenvalue weighted by atomic mass is 9.87. The zero-order valence-corrected chi connectivity index (χ0v) is 11.5. The van der Waals surface area contributed by atoms with Gasteiger partial charge in [-0.3, -0.25) is 0 Å². The predicted octanol–water partition coefficient (Wildman–Crippen LogP) is 3.70. The van der Waals surface area contributed by atoms with Gasteiger partial charge in [-0.2, -0.15) is 11.8 Å². The van der Waals surface area contributed by atoms with Crippen LogP contribution in [0.5, 0.6) is 0 Å². The van der Waals surface area contributed by atoms with E-state index >= 15 is 0 Å². The standard InChI is InChI=1S/C15H23NS/c1-17-12-14-7-9-15(10-8-14)16-11-13-5-3-2-4-6-13/h2-6,14-16H,7-12H2,1H3.